The number of nitrogens with zero attached hydrogens (tertiary/aromatic N) is 1. The summed E-state index contributed by atoms with van der Waals surface area (Å²) in [6.07, 6.45) is 1.94. The summed E-state index contributed by atoms with van der Waals surface area (Å²) in [7, 11) is 1.54. The van der Waals surface area contributed by atoms with Crippen LogP contribution in [0, 0.1) is 0 Å². The van der Waals surface area contributed by atoms with E-state index in [0.29, 0.717) is 29.2 Å². The van der Waals surface area contributed by atoms with Crippen molar-refractivity contribution >= 4 is 29.6 Å². The molecule has 0 aliphatic carbocycles. The zero-order chi connectivity index (χ0) is 21.8. The summed E-state index contributed by atoms with van der Waals surface area (Å²) in [5.41, 5.74) is 1.65. The van der Waals surface area contributed by atoms with Crippen molar-refractivity contribution in [2.45, 2.75) is 33.3 Å². The lowest BCUT2D eigenvalue weighted by Crippen LogP contribution is -2.54. The summed E-state index contributed by atoms with van der Waals surface area (Å²) in [5, 5.41) is 2.26. The highest BCUT2D eigenvalue weighted by Crippen LogP contribution is 2.30. The maximum absolute atomic E-state index is 13.2. The molecule has 1 fully saturated rings. The molecule has 0 spiro atoms. The number of carbonyl (C=O) groups excluding carboxylic acids is 3. The number of hydrogen-bond acceptors (Lipinski definition) is 5. The van der Waals surface area contributed by atoms with E-state index in [1.54, 1.807) is 37.4 Å². The molecule has 1 N–H and O–H groups in total. The van der Waals surface area contributed by atoms with Gasteiger partial charge >= 0.3 is 6.03 Å². The average Bonchev–Trinajstić information content (AvgIpc) is 2.71. The first-order valence-corrected chi connectivity index (χ1v) is 9.69. The molecule has 0 aromatic heterocycles. The third-order valence-corrected chi connectivity index (χ3v) is 4.60. The van der Waals surface area contributed by atoms with Gasteiger partial charge in [0.05, 0.1) is 18.9 Å². The maximum Gasteiger partial charge on any atom is 0.335 e. The molecule has 0 radical (unpaired) electrons. The van der Waals surface area contributed by atoms with Crippen molar-refractivity contribution in [3.05, 3.63) is 59.2 Å². The van der Waals surface area contributed by atoms with E-state index in [2.05, 4.69) is 5.32 Å². The van der Waals surface area contributed by atoms with Crippen LogP contribution in [0.5, 0.6) is 11.5 Å². The first kappa shape index (κ1) is 21.1. The van der Waals surface area contributed by atoms with Crippen LogP contribution < -0.4 is 19.7 Å². The molecule has 0 unspecified atom stereocenters. The third kappa shape index (κ3) is 4.20. The highest BCUT2D eigenvalue weighted by atomic mass is 16.5. The minimum absolute atomic E-state index is 0.125. The topological polar surface area (TPSA) is 84.9 Å². The molecular weight excluding hydrogens is 384 g/mol. The van der Waals surface area contributed by atoms with Crippen LogP contribution in [0.2, 0.25) is 0 Å². The fourth-order valence-electron chi connectivity index (χ4n) is 3.18. The molecule has 0 saturated carbocycles. The van der Waals surface area contributed by atoms with E-state index in [4.69, 9.17) is 9.47 Å². The molecule has 1 aliphatic rings. The van der Waals surface area contributed by atoms with Crippen molar-refractivity contribution in [2.75, 3.05) is 12.0 Å². The van der Waals surface area contributed by atoms with Crippen molar-refractivity contribution in [3.63, 3.8) is 0 Å². The summed E-state index contributed by atoms with van der Waals surface area (Å²) >= 11 is 0. The van der Waals surface area contributed by atoms with Gasteiger partial charge in [-0.25, -0.2) is 9.69 Å². The van der Waals surface area contributed by atoms with Gasteiger partial charge in [0.15, 0.2) is 0 Å². The number of benzene rings is 2. The van der Waals surface area contributed by atoms with Gasteiger partial charge in [-0.2, -0.15) is 0 Å². The second kappa shape index (κ2) is 8.82. The number of carbonyl (C=O) groups is 3. The molecule has 30 heavy (non-hydrogen) atoms. The Morgan fingerprint density at radius 3 is 2.50 bits per heavy atom. The number of imide groups is 2. The number of ether oxygens (including phenoxy) is 2. The van der Waals surface area contributed by atoms with Crippen LogP contribution in [0.25, 0.3) is 6.08 Å². The lowest BCUT2D eigenvalue weighted by Gasteiger charge is -2.28. The molecule has 0 atom stereocenters. The van der Waals surface area contributed by atoms with Crippen molar-refractivity contribution in [2.24, 2.45) is 0 Å². The van der Waals surface area contributed by atoms with Gasteiger partial charge in [0.2, 0.25) is 0 Å². The van der Waals surface area contributed by atoms with Gasteiger partial charge in [-0.05, 0) is 50.1 Å². The summed E-state index contributed by atoms with van der Waals surface area (Å²) < 4.78 is 11.1. The lowest BCUT2D eigenvalue weighted by atomic mass is 10.0. The molecule has 4 amide bonds. The summed E-state index contributed by atoms with van der Waals surface area (Å²) in [6.45, 7) is 5.67. The van der Waals surface area contributed by atoms with E-state index >= 15 is 0 Å². The van der Waals surface area contributed by atoms with Crippen molar-refractivity contribution in [3.8, 4) is 11.5 Å². The zero-order valence-corrected chi connectivity index (χ0v) is 17.4. The highest BCUT2D eigenvalue weighted by Gasteiger charge is 2.37. The Kier molecular flexibility index (Phi) is 6.20. The molecule has 1 aliphatic heterocycles. The summed E-state index contributed by atoms with van der Waals surface area (Å²) in [4.78, 5) is 39.2. The molecule has 0 bridgehead atoms. The fourth-order valence-corrected chi connectivity index (χ4v) is 3.18. The molecule has 1 heterocycles. The first-order valence-electron chi connectivity index (χ1n) is 9.69. The Balaban J connectivity index is 2.07. The molecule has 2 aromatic rings. The molecular formula is C23H24N2O5. The highest BCUT2D eigenvalue weighted by molar-refractivity contribution is 6.39. The number of hydrogen-bond donors (Lipinski definition) is 1. The molecule has 7 nitrogen and oxygen atoms in total. The smallest absolute Gasteiger partial charge is 0.335 e. The van der Waals surface area contributed by atoms with Crippen LogP contribution in [0.3, 0.4) is 0 Å². The normalized spacial score (nSPS) is 15.6. The number of rotatable bonds is 6. The molecule has 7 heteroatoms. The lowest BCUT2D eigenvalue weighted by molar-refractivity contribution is -0.122. The summed E-state index contributed by atoms with van der Waals surface area (Å²) in [5.74, 6) is -0.381. The Labute approximate surface area is 175 Å². The van der Waals surface area contributed by atoms with Gasteiger partial charge in [0, 0.05) is 11.6 Å². The van der Waals surface area contributed by atoms with Gasteiger partial charge in [-0.15, -0.1) is 0 Å². The van der Waals surface area contributed by atoms with Gasteiger partial charge < -0.3 is 9.47 Å². The van der Waals surface area contributed by atoms with Crippen LogP contribution in [0.1, 0.15) is 31.9 Å². The van der Waals surface area contributed by atoms with Crippen LogP contribution in [0.4, 0.5) is 10.5 Å². The molecule has 156 valence electrons. The number of urea groups is 1. The third-order valence-electron chi connectivity index (χ3n) is 4.60. The molecule has 3 rings (SSSR count). The van der Waals surface area contributed by atoms with Crippen molar-refractivity contribution in [1.82, 2.24) is 5.32 Å². The van der Waals surface area contributed by atoms with Gasteiger partial charge in [0.1, 0.15) is 17.1 Å². The van der Waals surface area contributed by atoms with Gasteiger partial charge in [-0.3, -0.25) is 14.9 Å². The Bertz CT molecular complexity index is 1030. The van der Waals surface area contributed by atoms with Crippen LogP contribution in [0.15, 0.2) is 48.0 Å². The predicted molar refractivity (Wildman–Crippen MR) is 114 cm³/mol. The van der Waals surface area contributed by atoms with E-state index in [-0.39, 0.29) is 11.7 Å². The van der Waals surface area contributed by atoms with Crippen LogP contribution >= 0.6 is 0 Å². The second-order valence-corrected chi connectivity index (χ2v) is 7.01. The van der Waals surface area contributed by atoms with E-state index in [1.807, 2.05) is 32.9 Å². The molecule has 1 saturated heterocycles. The minimum Gasteiger partial charge on any atom is -0.497 e. The van der Waals surface area contributed by atoms with Gasteiger partial charge in [-0.1, -0.05) is 25.1 Å². The number of amides is 4. The fraction of sp³-hybridized carbons (Fsp3) is 0.261. The maximum atomic E-state index is 13.2. The SMILES string of the molecule is CCc1ccccc1N1C(=O)NC(=O)/C(=C/c2ccc(OC)cc2OC(C)C)C1=O. The Morgan fingerprint density at radius 2 is 1.83 bits per heavy atom. The number of methoxy groups -OCH3 is 1. The molecule has 2 aromatic carbocycles. The number of barbiturate groups is 1. The standard InChI is InChI=1S/C23H24N2O5/c1-5-15-8-6-7-9-19(15)25-22(27)18(21(26)24-23(25)28)12-16-10-11-17(29-4)13-20(16)30-14(2)3/h6-14H,5H2,1-4H3,(H,24,26,28)/b18-12-. The van der Waals surface area contributed by atoms with E-state index in [0.717, 1.165) is 10.5 Å². The van der Waals surface area contributed by atoms with E-state index in [1.165, 1.54) is 6.08 Å². The Morgan fingerprint density at radius 1 is 1.10 bits per heavy atom. The number of para-hydroxylation sites is 1. The van der Waals surface area contributed by atoms with Crippen molar-refractivity contribution in [1.29, 1.82) is 0 Å². The number of nitrogens with one attached hydrogen (secondary N) is 1. The number of anilines is 1. The Hall–Kier alpha value is -3.61. The van der Waals surface area contributed by atoms with Gasteiger partial charge in [0.25, 0.3) is 11.8 Å². The predicted octanol–water partition coefficient (Wildman–Crippen LogP) is 3.71. The largest absolute Gasteiger partial charge is 0.497 e. The number of aryl methyl sites for hydroxylation is 1. The minimum atomic E-state index is -0.767. The van der Waals surface area contributed by atoms with E-state index in [9.17, 15) is 14.4 Å². The van der Waals surface area contributed by atoms with Crippen LogP contribution in [-0.2, 0) is 16.0 Å². The zero-order valence-electron chi connectivity index (χ0n) is 17.4. The first-order chi connectivity index (χ1) is 14.3. The quantitative estimate of drug-likeness (QED) is 0.582. The van der Waals surface area contributed by atoms with E-state index < -0.39 is 17.8 Å². The summed E-state index contributed by atoms with van der Waals surface area (Å²) in [6, 6.07) is 11.4. The monoisotopic (exact) mass is 408 g/mol. The second-order valence-electron chi connectivity index (χ2n) is 7.01. The average molecular weight is 408 g/mol. The van der Waals surface area contributed by atoms with Crippen LogP contribution in [-0.4, -0.2) is 31.1 Å². The van der Waals surface area contributed by atoms with Crippen molar-refractivity contribution < 1.29 is 23.9 Å².